The van der Waals surface area contributed by atoms with Crippen molar-refractivity contribution in [2.24, 2.45) is 11.3 Å². The van der Waals surface area contributed by atoms with Gasteiger partial charge in [-0.2, -0.15) is 0 Å². The van der Waals surface area contributed by atoms with Crippen LogP contribution in [0.4, 0.5) is 0 Å². The van der Waals surface area contributed by atoms with E-state index in [0.717, 1.165) is 45.2 Å². The van der Waals surface area contributed by atoms with Crippen molar-refractivity contribution in [1.29, 1.82) is 0 Å². The number of ether oxygens (including phenoxy) is 1. The molecule has 0 aromatic heterocycles. The molecule has 2 rings (SSSR count). The van der Waals surface area contributed by atoms with E-state index in [-0.39, 0.29) is 29.6 Å². The van der Waals surface area contributed by atoms with E-state index >= 15 is 0 Å². The van der Waals surface area contributed by atoms with Crippen LogP contribution in [0.15, 0.2) is 0 Å². The summed E-state index contributed by atoms with van der Waals surface area (Å²) in [7, 11) is 1.79. The Bertz CT molecular complexity index is 315. The fourth-order valence-electron chi connectivity index (χ4n) is 3.85. The smallest absolute Gasteiger partial charge is 0.223 e. The predicted molar refractivity (Wildman–Crippen MR) is 83.2 cm³/mol. The third-order valence-corrected chi connectivity index (χ3v) is 5.41. The van der Waals surface area contributed by atoms with Gasteiger partial charge in [0.05, 0.1) is 6.10 Å². The molecule has 0 aromatic carbocycles. The van der Waals surface area contributed by atoms with E-state index in [1.807, 2.05) is 0 Å². The first-order chi connectivity index (χ1) is 9.17. The third-order valence-electron chi connectivity index (χ3n) is 5.41. The zero-order valence-electron chi connectivity index (χ0n) is 12.9. The lowest BCUT2D eigenvalue weighted by atomic mass is 9.58. The van der Waals surface area contributed by atoms with Crippen LogP contribution in [0.5, 0.6) is 0 Å². The molecule has 1 aliphatic carbocycles. The van der Waals surface area contributed by atoms with Gasteiger partial charge in [-0.05, 0) is 45.2 Å². The molecule has 0 aromatic rings. The molecule has 5 heteroatoms. The molecule has 0 spiro atoms. The number of carbonyl (C=O) groups excluding carboxylic acids is 1. The highest BCUT2D eigenvalue weighted by atomic mass is 35.5. The second-order valence-corrected chi connectivity index (χ2v) is 5.99. The number of methoxy groups -OCH3 is 1. The molecule has 2 unspecified atom stereocenters. The van der Waals surface area contributed by atoms with Gasteiger partial charge in [-0.1, -0.05) is 13.8 Å². The lowest BCUT2D eigenvalue weighted by molar-refractivity contribution is -0.144. The molecule has 2 aliphatic rings. The molecule has 1 aliphatic heterocycles. The number of carbonyl (C=O) groups is 1. The van der Waals surface area contributed by atoms with Crippen LogP contribution in [0.25, 0.3) is 0 Å². The average Bonchev–Trinajstić information content (AvgIpc) is 2.45. The van der Waals surface area contributed by atoms with Crippen molar-refractivity contribution in [2.75, 3.05) is 20.2 Å². The van der Waals surface area contributed by atoms with E-state index in [2.05, 4.69) is 24.5 Å². The summed E-state index contributed by atoms with van der Waals surface area (Å²) < 4.78 is 5.58. The van der Waals surface area contributed by atoms with Crippen molar-refractivity contribution in [1.82, 2.24) is 10.6 Å². The second-order valence-electron chi connectivity index (χ2n) is 5.99. The van der Waals surface area contributed by atoms with Gasteiger partial charge in [0.2, 0.25) is 5.91 Å². The zero-order chi connectivity index (χ0) is 13.9. The summed E-state index contributed by atoms with van der Waals surface area (Å²) in [6, 6.07) is 0.301. The molecule has 2 fully saturated rings. The number of halogens is 1. The minimum absolute atomic E-state index is 0. The van der Waals surface area contributed by atoms with E-state index < -0.39 is 0 Å². The lowest BCUT2D eigenvalue weighted by Gasteiger charge is -2.55. The Labute approximate surface area is 128 Å². The number of rotatable bonds is 5. The SMILES string of the molecule is CCC1(CC)C(NC(=O)C2CCNCC2)CC1OC.Cl. The summed E-state index contributed by atoms with van der Waals surface area (Å²) in [6.45, 7) is 6.35. The van der Waals surface area contributed by atoms with Crippen molar-refractivity contribution < 1.29 is 9.53 Å². The van der Waals surface area contributed by atoms with Crippen LogP contribution in [-0.2, 0) is 9.53 Å². The molecule has 1 saturated carbocycles. The summed E-state index contributed by atoms with van der Waals surface area (Å²) in [5.41, 5.74) is 0.150. The molecule has 2 N–H and O–H groups in total. The number of piperidine rings is 1. The largest absolute Gasteiger partial charge is 0.381 e. The van der Waals surface area contributed by atoms with Crippen molar-refractivity contribution >= 4 is 18.3 Å². The molecule has 4 nitrogen and oxygen atoms in total. The van der Waals surface area contributed by atoms with Gasteiger partial charge in [-0.15, -0.1) is 12.4 Å². The molecule has 1 heterocycles. The average molecular weight is 305 g/mol. The van der Waals surface area contributed by atoms with Gasteiger partial charge in [-0.25, -0.2) is 0 Å². The molecule has 0 radical (unpaired) electrons. The van der Waals surface area contributed by atoms with E-state index in [4.69, 9.17) is 4.74 Å². The molecular weight excluding hydrogens is 276 g/mol. The highest BCUT2D eigenvalue weighted by Crippen LogP contribution is 2.48. The topological polar surface area (TPSA) is 50.4 Å². The Hall–Kier alpha value is -0.320. The Morgan fingerprint density at radius 1 is 1.30 bits per heavy atom. The van der Waals surface area contributed by atoms with Gasteiger partial charge >= 0.3 is 0 Å². The highest BCUT2D eigenvalue weighted by Gasteiger charge is 2.53. The minimum atomic E-state index is 0. The van der Waals surface area contributed by atoms with Crippen molar-refractivity contribution in [2.45, 2.75) is 58.1 Å². The summed E-state index contributed by atoms with van der Waals surface area (Å²) in [6.07, 6.45) is 5.35. The first-order valence-electron chi connectivity index (χ1n) is 7.71. The second kappa shape index (κ2) is 7.62. The fourth-order valence-corrected chi connectivity index (χ4v) is 3.85. The minimum Gasteiger partial charge on any atom is -0.381 e. The van der Waals surface area contributed by atoms with Crippen molar-refractivity contribution in [3.05, 3.63) is 0 Å². The van der Waals surface area contributed by atoms with E-state index in [1.165, 1.54) is 0 Å². The highest BCUT2D eigenvalue weighted by molar-refractivity contribution is 5.85. The van der Waals surface area contributed by atoms with Crippen LogP contribution in [0.3, 0.4) is 0 Å². The maximum absolute atomic E-state index is 12.3. The Morgan fingerprint density at radius 3 is 2.40 bits per heavy atom. The maximum Gasteiger partial charge on any atom is 0.223 e. The Balaban J connectivity index is 0.00000200. The van der Waals surface area contributed by atoms with Gasteiger partial charge in [-0.3, -0.25) is 4.79 Å². The monoisotopic (exact) mass is 304 g/mol. The van der Waals surface area contributed by atoms with E-state index in [0.29, 0.717) is 12.1 Å². The van der Waals surface area contributed by atoms with E-state index in [1.54, 1.807) is 7.11 Å². The summed E-state index contributed by atoms with van der Waals surface area (Å²) in [4.78, 5) is 12.3. The maximum atomic E-state index is 12.3. The Morgan fingerprint density at radius 2 is 1.90 bits per heavy atom. The number of nitrogens with one attached hydrogen (secondary N) is 2. The van der Waals surface area contributed by atoms with Crippen molar-refractivity contribution in [3.63, 3.8) is 0 Å². The number of hydrogen-bond acceptors (Lipinski definition) is 3. The normalized spacial score (nSPS) is 29.1. The van der Waals surface area contributed by atoms with Gasteiger partial charge in [0.1, 0.15) is 0 Å². The quantitative estimate of drug-likeness (QED) is 0.818. The fraction of sp³-hybridized carbons (Fsp3) is 0.933. The number of hydrogen-bond donors (Lipinski definition) is 2. The first kappa shape index (κ1) is 17.7. The Kier molecular flexibility index (Phi) is 6.76. The van der Waals surface area contributed by atoms with Crippen LogP contribution in [-0.4, -0.2) is 38.3 Å². The van der Waals surface area contributed by atoms with Crippen LogP contribution < -0.4 is 10.6 Å². The van der Waals surface area contributed by atoms with Crippen LogP contribution in [0.1, 0.15) is 46.0 Å². The van der Waals surface area contributed by atoms with Gasteiger partial charge < -0.3 is 15.4 Å². The molecule has 0 bridgehead atoms. The van der Waals surface area contributed by atoms with Crippen LogP contribution >= 0.6 is 12.4 Å². The first-order valence-corrected chi connectivity index (χ1v) is 7.71. The summed E-state index contributed by atoms with van der Waals surface area (Å²) in [5, 5.41) is 6.60. The predicted octanol–water partition coefficient (Wildman–Crippen LogP) is 2.12. The molecule has 118 valence electrons. The van der Waals surface area contributed by atoms with Crippen LogP contribution in [0, 0.1) is 11.3 Å². The van der Waals surface area contributed by atoms with Gasteiger partial charge in [0.15, 0.2) is 0 Å². The van der Waals surface area contributed by atoms with Gasteiger partial charge in [0, 0.05) is 24.5 Å². The molecule has 1 amide bonds. The summed E-state index contributed by atoms with van der Waals surface area (Å²) >= 11 is 0. The summed E-state index contributed by atoms with van der Waals surface area (Å²) in [5.74, 6) is 0.460. The number of amides is 1. The molecule has 1 saturated heterocycles. The molecular formula is C15H29ClN2O2. The molecule has 2 atom stereocenters. The van der Waals surface area contributed by atoms with Crippen molar-refractivity contribution in [3.8, 4) is 0 Å². The molecule has 20 heavy (non-hydrogen) atoms. The van der Waals surface area contributed by atoms with Gasteiger partial charge in [0.25, 0.3) is 0 Å². The van der Waals surface area contributed by atoms with E-state index in [9.17, 15) is 4.79 Å². The van der Waals surface area contributed by atoms with Crippen LogP contribution in [0.2, 0.25) is 0 Å². The standard InChI is InChI=1S/C15H28N2O2.ClH/c1-4-15(5-2)12(10-13(15)19-3)17-14(18)11-6-8-16-9-7-11;/h11-13,16H,4-10H2,1-3H3,(H,17,18);1H. The zero-order valence-corrected chi connectivity index (χ0v) is 13.7. The lowest BCUT2D eigenvalue weighted by Crippen LogP contribution is -2.64. The third kappa shape index (κ3) is 3.12.